The second-order valence-electron chi connectivity index (χ2n) is 8.14. The molecule has 0 bridgehead atoms. The zero-order valence-electron chi connectivity index (χ0n) is 18.3. The number of rotatable bonds is 4. The molecule has 4 heterocycles. The summed E-state index contributed by atoms with van der Waals surface area (Å²) in [5, 5.41) is 5.05. The summed E-state index contributed by atoms with van der Waals surface area (Å²) < 4.78 is 23.7. The van der Waals surface area contributed by atoms with E-state index in [9.17, 15) is 13.2 Å². The zero-order chi connectivity index (χ0) is 23.9. The van der Waals surface area contributed by atoms with Crippen molar-refractivity contribution >= 4 is 55.0 Å². The highest BCUT2D eigenvalue weighted by atomic mass is 35.5. The molecule has 5 rings (SSSR count). The van der Waals surface area contributed by atoms with Gasteiger partial charge >= 0.3 is 0 Å². The normalized spacial score (nSPS) is 16.5. The van der Waals surface area contributed by atoms with Crippen molar-refractivity contribution in [3.8, 4) is 0 Å². The van der Waals surface area contributed by atoms with Crippen LogP contribution in [0.4, 0.5) is 5.82 Å². The van der Waals surface area contributed by atoms with Crippen molar-refractivity contribution in [1.29, 1.82) is 0 Å². The number of hydrogen-bond acceptors (Lipinski definition) is 8. The summed E-state index contributed by atoms with van der Waals surface area (Å²) in [6.07, 6.45) is 3.14. The number of hydrogen-bond donors (Lipinski definition) is 1. The first-order chi connectivity index (χ1) is 16.3. The predicted molar refractivity (Wildman–Crippen MR) is 131 cm³/mol. The second-order valence-corrected chi connectivity index (χ2v) is 10.8. The van der Waals surface area contributed by atoms with Crippen molar-refractivity contribution in [2.45, 2.75) is 13.0 Å². The molecule has 0 aliphatic carbocycles. The summed E-state index contributed by atoms with van der Waals surface area (Å²) in [7, 11) is -3.12. The number of carbonyl (C=O) groups excluding carboxylic acids is 1. The molecule has 3 aromatic heterocycles. The zero-order valence-corrected chi connectivity index (χ0v) is 19.8. The number of sulfone groups is 1. The number of fused-ring (bicyclic) bond motifs is 2. The molecule has 0 spiro atoms. The SMILES string of the molecule is C[C@H](Nc1ncnc2cccnc12)c1cc2cccc(Cl)c2c(C(=O)N2CCS(=O)(=O)CC2)n1. The van der Waals surface area contributed by atoms with Crippen molar-refractivity contribution in [3.05, 3.63) is 65.3 Å². The van der Waals surface area contributed by atoms with Crippen LogP contribution in [-0.4, -0.2) is 63.8 Å². The first kappa shape index (κ1) is 22.4. The van der Waals surface area contributed by atoms with Gasteiger partial charge in [-0.2, -0.15) is 0 Å². The first-order valence-electron chi connectivity index (χ1n) is 10.7. The molecular weight excluding hydrogens is 476 g/mol. The third-order valence-corrected chi connectivity index (χ3v) is 7.78. The van der Waals surface area contributed by atoms with Gasteiger partial charge in [0.2, 0.25) is 0 Å². The van der Waals surface area contributed by atoms with E-state index < -0.39 is 9.84 Å². The average Bonchev–Trinajstić information content (AvgIpc) is 2.83. The van der Waals surface area contributed by atoms with Gasteiger partial charge in [0, 0.05) is 24.7 Å². The van der Waals surface area contributed by atoms with E-state index in [0.717, 1.165) is 5.39 Å². The highest BCUT2D eigenvalue weighted by Crippen LogP contribution is 2.30. The number of benzene rings is 1. The largest absolute Gasteiger partial charge is 0.360 e. The molecule has 1 fully saturated rings. The Bertz CT molecular complexity index is 1510. The van der Waals surface area contributed by atoms with Crippen molar-refractivity contribution < 1.29 is 13.2 Å². The maximum absolute atomic E-state index is 13.4. The Morgan fingerprint density at radius 1 is 1.12 bits per heavy atom. The summed E-state index contributed by atoms with van der Waals surface area (Å²) in [5.74, 6) is 0.0995. The number of nitrogens with one attached hydrogen (secondary N) is 1. The lowest BCUT2D eigenvalue weighted by Gasteiger charge is -2.27. The van der Waals surface area contributed by atoms with Crippen LogP contribution < -0.4 is 5.32 Å². The minimum absolute atomic E-state index is 0.0597. The third kappa shape index (κ3) is 4.26. The van der Waals surface area contributed by atoms with Gasteiger partial charge in [0.05, 0.1) is 33.8 Å². The maximum atomic E-state index is 13.4. The van der Waals surface area contributed by atoms with Crippen LogP contribution in [0.2, 0.25) is 5.02 Å². The fraction of sp³-hybridized carbons (Fsp3) is 0.261. The molecule has 11 heteroatoms. The van der Waals surface area contributed by atoms with Crippen LogP contribution in [0, 0.1) is 0 Å². The third-order valence-electron chi connectivity index (χ3n) is 5.85. The topological polar surface area (TPSA) is 118 Å². The number of aromatic nitrogens is 4. The lowest BCUT2D eigenvalue weighted by molar-refractivity contribution is 0.0766. The van der Waals surface area contributed by atoms with Gasteiger partial charge in [-0.05, 0) is 36.6 Å². The Labute approximate surface area is 201 Å². The molecular formula is C23H21ClN6O3S. The monoisotopic (exact) mass is 496 g/mol. The van der Waals surface area contributed by atoms with E-state index in [2.05, 4.69) is 20.3 Å². The fourth-order valence-corrected chi connectivity index (χ4v) is 5.48. The molecule has 9 nitrogen and oxygen atoms in total. The molecule has 0 unspecified atom stereocenters. The highest BCUT2D eigenvalue weighted by Gasteiger charge is 2.29. The molecule has 1 saturated heterocycles. The molecule has 1 atom stereocenters. The average molecular weight is 497 g/mol. The molecule has 1 aliphatic rings. The number of nitrogens with zero attached hydrogens (tertiary/aromatic N) is 5. The Kier molecular flexibility index (Phi) is 5.78. The van der Waals surface area contributed by atoms with Gasteiger partial charge in [0.1, 0.15) is 17.5 Å². The first-order valence-corrected chi connectivity index (χ1v) is 12.9. The summed E-state index contributed by atoms with van der Waals surface area (Å²) in [4.78, 5) is 32.6. The number of anilines is 1. The molecule has 0 radical (unpaired) electrons. The smallest absolute Gasteiger partial charge is 0.273 e. The Morgan fingerprint density at radius 2 is 1.91 bits per heavy atom. The van der Waals surface area contributed by atoms with E-state index in [1.807, 2.05) is 31.2 Å². The van der Waals surface area contributed by atoms with E-state index in [1.54, 1.807) is 18.3 Å². The van der Waals surface area contributed by atoms with Crippen LogP contribution in [0.1, 0.15) is 29.1 Å². The van der Waals surface area contributed by atoms with Gasteiger partial charge in [-0.15, -0.1) is 0 Å². The summed E-state index contributed by atoms with van der Waals surface area (Å²) in [6.45, 7) is 2.17. The number of pyridine rings is 2. The maximum Gasteiger partial charge on any atom is 0.273 e. The lowest BCUT2D eigenvalue weighted by Crippen LogP contribution is -2.44. The Morgan fingerprint density at radius 3 is 2.71 bits per heavy atom. The van der Waals surface area contributed by atoms with Gasteiger partial charge < -0.3 is 10.2 Å². The predicted octanol–water partition coefficient (Wildman–Crippen LogP) is 3.27. The van der Waals surface area contributed by atoms with E-state index in [-0.39, 0.29) is 42.2 Å². The summed E-state index contributed by atoms with van der Waals surface area (Å²) in [5.41, 5.74) is 2.16. The van der Waals surface area contributed by atoms with Gasteiger partial charge in [-0.3, -0.25) is 9.78 Å². The Hall–Kier alpha value is -3.37. The van der Waals surface area contributed by atoms with Gasteiger partial charge in [-0.1, -0.05) is 23.7 Å². The van der Waals surface area contributed by atoms with Crippen LogP contribution in [0.15, 0.2) is 48.9 Å². The molecule has 1 N–H and O–H groups in total. The number of amides is 1. The molecule has 0 saturated carbocycles. The molecule has 174 valence electrons. The van der Waals surface area contributed by atoms with Crippen LogP contribution in [0.25, 0.3) is 21.8 Å². The summed E-state index contributed by atoms with van der Waals surface area (Å²) >= 11 is 6.47. The van der Waals surface area contributed by atoms with Crippen LogP contribution in [0.5, 0.6) is 0 Å². The fourth-order valence-electron chi connectivity index (χ4n) is 4.01. The van der Waals surface area contributed by atoms with Gasteiger partial charge in [0.25, 0.3) is 5.91 Å². The minimum Gasteiger partial charge on any atom is -0.360 e. The van der Waals surface area contributed by atoms with Crippen molar-refractivity contribution in [1.82, 2.24) is 24.8 Å². The number of carbonyl (C=O) groups is 1. The summed E-state index contributed by atoms with van der Waals surface area (Å²) in [6, 6.07) is 10.6. The molecule has 4 aromatic rings. The van der Waals surface area contributed by atoms with Gasteiger partial charge in [-0.25, -0.2) is 23.4 Å². The standard InChI is InChI=1S/C23H21ClN6O3S/c1-14(28-22-20-17(26-13-27-22)6-3-7-25-20)18-12-15-4-2-5-16(24)19(15)21(29-18)23(31)30-8-10-34(32,33)11-9-30/h2-7,12-14H,8-11H2,1H3,(H,26,27,28)/t14-/m0/s1. The van der Waals surface area contributed by atoms with E-state index >= 15 is 0 Å². The van der Waals surface area contributed by atoms with Crippen molar-refractivity contribution in [2.24, 2.45) is 0 Å². The van der Waals surface area contributed by atoms with E-state index in [0.29, 0.717) is 33.0 Å². The molecule has 1 aromatic carbocycles. The Balaban J connectivity index is 1.54. The van der Waals surface area contributed by atoms with Crippen LogP contribution in [-0.2, 0) is 9.84 Å². The van der Waals surface area contributed by atoms with Crippen molar-refractivity contribution in [3.63, 3.8) is 0 Å². The molecule has 1 amide bonds. The second kappa shape index (κ2) is 8.77. The lowest BCUT2D eigenvalue weighted by atomic mass is 10.0. The van der Waals surface area contributed by atoms with E-state index in [1.165, 1.54) is 11.2 Å². The van der Waals surface area contributed by atoms with E-state index in [4.69, 9.17) is 16.6 Å². The number of halogens is 1. The molecule has 34 heavy (non-hydrogen) atoms. The quantitative estimate of drug-likeness (QED) is 0.457. The minimum atomic E-state index is -3.12. The van der Waals surface area contributed by atoms with Gasteiger partial charge in [0.15, 0.2) is 15.7 Å². The molecule has 1 aliphatic heterocycles. The van der Waals surface area contributed by atoms with Crippen LogP contribution in [0.3, 0.4) is 0 Å². The highest BCUT2D eigenvalue weighted by molar-refractivity contribution is 7.91. The van der Waals surface area contributed by atoms with Crippen molar-refractivity contribution in [2.75, 3.05) is 29.9 Å². The van der Waals surface area contributed by atoms with Crippen LogP contribution >= 0.6 is 11.6 Å².